The summed E-state index contributed by atoms with van der Waals surface area (Å²) in [6.45, 7) is 6.50. The molecule has 2 aromatic rings. The lowest BCUT2D eigenvalue weighted by Gasteiger charge is -2.32. The van der Waals surface area contributed by atoms with Crippen LogP contribution in [-0.4, -0.2) is 42.9 Å². The Hall–Kier alpha value is -3.16. The number of allylic oxidation sites excluding steroid dienone is 1. The van der Waals surface area contributed by atoms with Gasteiger partial charge >= 0.3 is 17.9 Å². The molecular formula is C27H27Cl2NO6. The molecule has 0 aromatic heterocycles. The van der Waals surface area contributed by atoms with Gasteiger partial charge < -0.3 is 14.2 Å². The van der Waals surface area contributed by atoms with E-state index >= 15 is 0 Å². The maximum absolute atomic E-state index is 13.3. The summed E-state index contributed by atoms with van der Waals surface area (Å²) >= 11 is 12.8. The lowest BCUT2D eigenvalue weighted by atomic mass is 9.75. The number of hydrogen-bond donors (Lipinski definition) is 0. The van der Waals surface area contributed by atoms with Crippen molar-refractivity contribution in [3.05, 3.63) is 81.0 Å². The normalized spacial score (nSPS) is 17.5. The molecule has 0 saturated heterocycles. The van der Waals surface area contributed by atoms with E-state index in [-0.39, 0.29) is 34.9 Å². The van der Waals surface area contributed by atoms with Crippen LogP contribution in [0.1, 0.15) is 49.5 Å². The highest BCUT2D eigenvalue weighted by Crippen LogP contribution is 2.44. The number of ether oxygens (including phenoxy) is 3. The molecule has 36 heavy (non-hydrogen) atoms. The van der Waals surface area contributed by atoms with Crippen LogP contribution in [0.25, 0.3) is 0 Å². The third kappa shape index (κ3) is 6.33. The molecule has 1 aliphatic rings. The first-order chi connectivity index (χ1) is 17.1. The molecule has 0 aliphatic carbocycles. The van der Waals surface area contributed by atoms with E-state index in [4.69, 9.17) is 37.4 Å². The number of aliphatic imine (C=N–C) groups is 1. The van der Waals surface area contributed by atoms with Crippen LogP contribution in [0.15, 0.2) is 64.8 Å². The fourth-order valence-corrected chi connectivity index (χ4v) is 4.44. The maximum atomic E-state index is 13.3. The van der Waals surface area contributed by atoms with Gasteiger partial charge in [0.15, 0.2) is 0 Å². The Balaban J connectivity index is 1.86. The quantitative estimate of drug-likeness (QED) is 0.243. The van der Waals surface area contributed by atoms with Crippen LogP contribution in [0, 0.1) is 5.92 Å². The van der Waals surface area contributed by atoms with E-state index in [9.17, 15) is 14.4 Å². The van der Waals surface area contributed by atoms with E-state index in [2.05, 4.69) is 4.99 Å². The number of halogens is 2. The third-order valence-corrected chi connectivity index (χ3v) is 6.36. The first-order valence-corrected chi connectivity index (χ1v) is 12.2. The van der Waals surface area contributed by atoms with Crippen molar-refractivity contribution in [3.63, 3.8) is 0 Å². The fourth-order valence-electron chi connectivity index (χ4n) is 4.01. The van der Waals surface area contributed by atoms with Gasteiger partial charge in [0.2, 0.25) is 0 Å². The molecular weight excluding hydrogens is 505 g/mol. The van der Waals surface area contributed by atoms with Crippen molar-refractivity contribution < 1.29 is 28.6 Å². The van der Waals surface area contributed by atoms with Crippen LogP contribution in [0.2, 0.25) is 10.0 Å². The summed E-state index contributed by atoms with van der Waals surface area (Å²) in [5.74, 6) is -3.52. The van der Waals surface area contributed by atoms with Crippen LogP contribution >= 0.6 is 23.2 Å². The number of carbonyl (C=O) groups is 3. The Kier molecular flexibility index (Phi) is 9.29. The second kappa shape index (κ2) is 12.2. The molecule has 1 aliphatic heterocycles. The number of esters is 3. The molecule has 2 atom stereocenters. The number of benzene rings is 2. The van der Waals surface area contributed by atoms with Crippen LogP contribution < -0.4 is 0 Å². The van der Waals surface area contributed by atoms with Gasteiger partial charge in [-0.1, -0.05) is 53.5 Å². The first kappa shape index (κ1) is 27.4. The maximum Gasteiger partial charge on any atom is 0.338 e. The Morgan fingerprint density at radius 1 is 0.917 bits per heavy atom. The Bertz CT molecular complexity index is 1210. The minimum absolute atomic E-state index is 0.143. The molecule has 1 heterocycles. The predicted octanol–water partition coefficient (Wildman–Crippen LogP) is 5.79. The van der Waals surface area contributed by atoms with Crippen LogP contribution in [0.3, 0.4) is 0 Å². The van der Waals surface area contributed by atoms with E-state index in [0.717, 1.165) is 0 Å². The second-order valence-electron chi connectivity index (χ2n) is 8.47. The summed E-state index contributed by atoms with van der Waals surface area (Å²) in [5, 5.41) is 0.500. The Labute approximate surface area is 220 Å². The monoisotopic (exact) mass is 531 g/mol. The standard InChI is InChI=1S/C27H27Cl2NO6/c1-15(2)36-27(33)22-17(4)30-16(3)21(23(22)19-11-8-12-20(28)24(19)29)26(32)35-14-13-34-25(31)18-9-6-5-7-10-18/h5-12,15,22-23H,13-14H2,1-4H3. The largest absolute Gasteiger partial charge is 0.462 e. The van der Waals surface area contributed by atoms with Gasteiger partial charge in [0, 0.05) is 17.3 Å². The fraction of sp³-hybridized carbons (Fsp3) is 0.333. The van der Waals surface area contributed by atoms with Crippen molar-refractivity contribution >= 4 is 46.8 Å². The summed E-state index contributed by atoms with van der Waals surface area (Å²) in [4.78, 5) is 43.0. The highest BCUT2D eigenvalue weighted by molar-refractivity contribution is 6.42. The zero-order valence-electron chi connectivity index (χ0n) is 20.4. The van der Waals surface area contributed by atoms with E-state index in [1.54, 1.807) is 76.2 Å². The van der Waals surface area contributed by atoms with Crippen LogP contribution in [0.4, 0.5) is 0 Å². The van der Waals surface area contributed by atoms with Crippen molar-refractivity contribution in [2.45, 2.75) is 39.7 Å². The van der Waals surface area contributed by atoms with E-state index in [1.165, 1.54) is 0 Å². The van der Waals surface area contributed by atoms with E-state index in [0.29, 0.717) is 22.5 Å². The lowest BCUT2D eigenvalue weighted by molar-refractivity contribution is -0.150. The van der Waals surface area contributed by atoms with Gasteiger partial charge in [-0.15, -0.1) is 0 Å². The van der Waals surface area contributed by atoms with Gasteiger partial charge in [0.1, 0.15) is 19.1 Å². The van der Waals surface area contributed by atoms with Crippen LogP contribution in [-0.2, 0) is 23.8 Å². The van der Waals surface area contributed by atoms with E-state index in [1.807, 2.05) is 0 Å². The van der Waals surface area contributed by atoms with Gasteiger partial charge in [0.25, 0.3) is 0 Å². The molecule has 0 saturated carbocycles. The smallest absolute Gasteiger partial charge is 0.338 e. The summed E-state index contributed by atoms with van der Waals surface area (Å²) in [7, 11) is 0. The highest BCUT2D eigenvalue weighted by Gasteiger charge is 2.43. The summed E-state index contributed by atoms with van der Waals surface area (Å²) in [6, 6.07) is 13.5. The van der Waals surface area contributed by atoms with Gasteiger partial charge in [-0.3, -0.25) is 9.79 Å². The molecule has 0 fully saturated rings. The zero-order chi connectivity index (χ0) is 26.4. The van der Waals surface area contributed by atoms with Crippen molar-refractivity contribution in [2.24, 2.45) is 10.9 Å². The average molecular weight is 532 g/mol. The molecule has 0 bridgehead atoms. The second-order valence-corrected chi connectivity index (χ2v) is 9.26. The molecule has 3 rings (SSSR count). The zero-order valence-corrected chi connectivity index (χ0v) is 21.9. The first-order valence-electron chi connectivity index (χ1n) is 11.4. The van der Waals surface area contributed by atoms with E-state index < -0.39 is 29.7 Å². The topological polar surface area (TPSA) is 91.3 Å². The molecule has 2 unspecified atom stereocenters. The van der Waals surface area contributed by atoms with Gasteiger partial charge in [-0.25, -0.2) is 9.59 Å². The number of hydrogen-bond acceptors (Lipinski definition) is 7. The summed E-state index contributed by atoms with van der Waals surface area (Å²) < 4.78 is 16.1. The molecule has 7 nitrogen and oxygen atoms in total. The van der Waals surface area contributed by atoms with Gasteiger partial charge in [-0.05, 0) is 51.5 Å². The number of carbonyl (C=O) groups excluding carboxylic acids is 3. The van der Waals surface area contributed by atoms with Gasteiger partial charge in [0.05, 0.1) is 27.3 Å². The highest BCUT2D eigenvalue weighted by atomic mass is 35.5. The SMILES string of the molecule is CC1=NC(C)=C(C(=O)OCCOC(=O)c2ccccc2)C(c2cccc(Cl)c2Cl)C1C(=O)OC(C)C. The van der Waals surface area contributed by atoms with Crippen molar-refractivity contribution in [1.82, 2.24) is 0 Å². The molecule has 9 heteroatoms. The van der Waals surface area contributed by atoms with Crippen molar-refractivity contribution in [3.8, 4) is 0 Å². The van der Waals surface area contributed by atoms with Crippen LogP contribution in [0.5, 0.6) is 0 Å². The third-order valence-electron chi connectivity index (χ3n) is 5.53. The van der Waals surface area contributed by atoms with Gasteiger partial charge in [-0.2, -0.15) is 0 Å². The molecule has 0 N–H and O–H groups in total. The molecule has 0 radical (unpaired) electrons. The molecule has 0 amide bonds. The molecule has 190 valence electrons. The van der Waals surface area contributed by atoms with Crippen molar-refractivity contribution in [1.29, 1.82) is 0 Å². The van der Waals surface area contributed by atoms with Crippen molar-refractivity contribution in [2.75, 3.05) is 13.2 Å². The number of nitrogens with zero attached hydrogens (tertiary/aromatic N) is 1. The lowest BCUT2D eigenvalue weighted by Crippen LogP contribution is -2.37. The minimum atomic E-state index is -0.912. The summed E-state index contributed by atoms with van der Waals surface area (Å²) in [6.07, 6.45) is -0.373. The minimum Gasteiger partial charge on any atom is -0.462 e. The molecule has 0 spiro atoms. The average Bonchev–Trinajstić information content (AvgIpc) is 2.82. The Morgan fingerprint density at radius 3 is 2.19 bits per heavy atom. The summed E-state index contributed by atoms with van der Waals surface area (Å²) in [5.41, 5.74) is 1.89. The predicted molar refractivity (Wildman–Crippen MR) is 137 cm³/mol. The Morgan fingerprint density at radius 2 is 1.56 bits per heavy atom. The number of rotatable bonds is 8. The molecule has 2 aromatic carbocycles.